The number of carbonyl (C=O) groups is 2. The Morgan fingerprint density at radius 1 is 0.848 bits per heavy atom. The second kappa shape index (κ2) is 8.65. The Balaban J connectivity index is 1.62. The second-order valence-corrected chi connectivity index (χ2v) is 7.38. The molecule has 0 aliphatic carbocycles. The smallest absolute Gasteiger partial charge is 0.346 e. The number of nitrogens with zero attached hydrogens (tertiary/aromatic N) is 2. The van der Waals surface area contributed by atoms with Gasteiger partial charge in [-0.2, -0.15) is 0 Å². The highest BCUT2D eigenvalue weighted by atomic mass is 16.5. The third kappa shape index (κ3) is 4.79. The van der Waals surface area contributed by atoms with Crippen molar-refractivity contribution in [3.8, 4) is 11.5 Å². The molecular formula is C23H18N2O8. The van der Waals surface area contributed by atoms with Gasteiger partial charge in [-0.3, -0.25) is 9.59 Å². The van der Waals surface area contributed by atoms with Crippen LogP contribution in [0.4, 0.5) is 0 Å². The molecule has 2 heterocycles. The third-order valence-electron chi connectivity index (χ3n) is 4.68. The summed E-state index contributed by atoms with van der Waals surface area (Å²) in [5.74, 6) is -0.762. The summed E-state index contributed by atoms with van der Waals surface area (Å²) in [6, 6.07) is 8.93. The molecule has 0 aliphatic rings. The second-order valence-electron chi connectivity index (χ2n) is 7.38. The molecule has 33 heavy (non-hydrogen) atoms. The predicted molar refractivity (Wildman–Crippen MR) is 115 cm³/mol. The van der Waals surface area contributed by atoms with Crippen molar-refractivity contribution in [2.45, 2.75) is 33.1 Å². The van der Waals surface area contributed by atoms with Crippen LogP contribution in [-0.2, 0) is 16.0 Å². The summed E-state index contributed by atoms with van der Waals surface area (Å²) in [4.78, 5) is 55.8. The molecule has 1 atom stereocenters. The highest BCUT2D eigenvalue weighted by molar-refractivity contribution is 5.81. The van der Waals surface area contributed by atoms with E-state index in [1.807, 2.05) is 0 Å². The van der Waals surface area contributed by atoms with Crippen molar-refractivity contribution in [3.05, 3.63) is 69.0 Å². The molecule has 168 valence electrons. The average molecular weight is 450 g/mol. The van der Waals surface area contributed by atoms with Crippen molar-refractivity contribution in [3.63, 3.8) is 0 Å². The minimum Gasteiger partial charge on any atom is -0.427 e. The topological polar surface area (TPSA) is 139 Å². The number of benzene rings is 2. The van der Waals surface area contributed by atoms with Gasteiger partial charge in [-0.1, -0.05) is 6.92 Å². The van der Waals surface area contributed by atoms with Crippen LogP contribution < -0.4 is 20.7 Å². The lowest BCUT2D eigenvalue weighted by molar-refractivity contribution is -0.132. The first kappa shape index (κ1) is 21.9. The molecule has 0 N–H and O–H groups in total. The maximum atomic E-state index is 12.5. The molecule has 0 saturated heterocycles. The summed E-state index contributed by atoms with van der Waals surface area (Å²) >= 11 is 0. The molecule has 2 aromatic heterocycles. The number of hydrogen-bond donors (Lipinski definition) is 0. The molecule has 10 heteroatoms. The molecule has 0 saturated carbocycles. The SMILES string of the molecule is CC(=O)Oc1ccc2nc(CC(C)c3nc4ccc(OC(C)=O)cc4c(=O)o3)oc(=O)c2c1. The molecule has 1 unspecified atom stereocenters. The van der Waals surface area contributed by atoms with E-state index >= 15 is 0 Å². The molecule has 0 amide bonds. The number of carbonyl (C=O) groups excluding carboxylic acids is 2. The van der Waals surface area contributed by atoms with Crippen molar-refractivity contribution < 1.29 is 27.9 Å². The van der Waals surface area contributed by atoms with E-state index in [4.69, 9.17) is 18.3 Å². The number of fused-ring (bicyclic) bond motifs is 2. The van der Waals surface area contributed by atoms with Gasteiger partial charge in [-0.25, -0.2) is 19.6 Å². The molecule has 4 rings (SSSR count). The Bertz CT molecular complexity index is 1520. The molecule has 0 spiro atoms. The average Bonchev–Trinajstić information content (AvgIpc) is 2.73. The Labute approximate surface area is 185 Å². The van der Waals surface area contributed by atoms with Crippen molar-refractivity contribution >= 4 is 33.7 Å². The Hall–Kier alpha value is -4.34. The third-order valence-corrected chi connectivity index (χ3v) is 4.68. The number of rotatable bonds is 5. The Morgan fingerprint density at radius 3 is 1.91 bits per heavy atom. The molecule has 0 aliphatic heterocycles. The minimum absolute atomic E-state index is 0.134. The summed E-state index contributed by atoms with van der Waals surface area (Å²) < 4.78 is 20.6. The van der Waals surface area contributed by atoms with Crippen molar-refractivity contribution in [1.29, 1.82) is 0 Å². The zero-order valence-electron chi connectivity index (χ0n) is 17.9. The van der Waals surface area contributed by atoms with Crippen LogP contribution in [-0.4, -0.2) is 21.9 Å². The summed E-state index contributed by atoms with van der Waals surface area (Å²) in [5, 5.41) is 0.341. The van der Waals surface area contributed by atoms with Gasteiger partial charge in [0, 0.05) is 26.2 Å². The monoisotopic (exact) mass is 450 g/mol. The van der Waals surface area contributed by atoms with Gasteiger partial charge in [-0.15, -0.1) is 0 Å². The minimum atomic E-state index is -0.637. The van der Waals surface area contributed by atoms with Crippen LogP contribution in [0.2, 0.25) is 0 Å². The summed E-state index contributed by atoms with van der Waals surface area (Å²) in [6.07, 6.45) is 0.143. The number of ether oxygens (including phenoxy) is 2. The van der Waals surface area contributed by atoms with Gasteiger partial charge in [0.15, 0.2) is 5.89 Å². The molecule has 10 nitrogen and oxygen atoms in total. The van der Waals surface area contributed by atoms with Crippen LogP contribution in [0.25, 0.3) is 21.8 Å². The molecule has 0 radical (unpaired) electrons. The molecule has 0 fully saturated rings. The summed E-state index contributed by atoms with van der Waals surface area (Å²) in [7, 11) is 0. The first-order valence-electron chi connectivity index (χ1n) is 9.95. The van der Waals surface area contributed by atoms with E-state index < -0.39 is 29.1 Å². The van der Waals surface area contributed by atoms with Crippen molar-refractivity contribution in [2.75, 3.05) is 0 Å². The van der Waals surface area contributed by atoms with Gasteiger partial charge in [0.25, 0.3) is 0 Å². The Kier molecular flexibility index (Phi) is 5.74. The van der Waals surface area contributed by atoms with E-state index in [1.54, 1.807) is 19.1 Å². The lowest BCUT2D eigenvalue weighted by Gasteiger charge is -2.10. The molecule has 0 bridgehead atoms. The van der Waals surface area contributed by atoms with Crippen molar-refractivity contribution in [2.24, 2.45) is 0 Å². The van der Waals surface area contributed by atoms with Crippen LogP contribution in [0.3, 0.4) is 0 Å². The zero-order valence-corrected chi connectivity index (χ0v) is 17.9. The maximum absolute atomic E-state index is 12.5. The van der Waals surface area contributed by atoms with Crippen LogP contribution in [0, 0.1) is 0 Å². The predicted octanol–water partition coefficient (Wildman–Crippen LogP) is 2.89. The zero-order chi connectivity index (χ0) is 23.7. The fourth-order valence-corrected chi connectivity index (χ4v) is 3.27. The number of aromatic nitrogens is 2. The van der Waals surface area contributed by atoms with Gasteiger partial charge in [0.05, 0.1) is 21.8 Å². The first-order valence-corrected chi connectivity index (χ1v) is 9.95. The largest absolute Gasteiger partial charge is 0.427 e. The molecular weight excluding hydrogens is 432 g/mol. The van der Waals surface area contributed by atoms with E-state index in [0.29, 0.717) is 11.0 Å². The normalized spacial score (nSPS) is 12.0. The first-order chi connectivity index (χ1) is 15.7. The van der Waals surface area contributed by atoms with E-state index in [2.05, 4.69) is 9.97 Å². The standard InChI is InChI=1S/C23H18N2O8/c1-11(21-25-19-7-5-15(31-13(3)27)10-17(19)23(29)33-21)8-20-24-18-6-4-14(30-12(2)26)9-16(18)22(28)32-20/h4-7,9-11H,8H2,1-3H3. The van der Waals surface area contributed by atoms with E-state index in [1.165, 1.54) is 38.1 Å². The summed E-state index contributed by atoms with van der Waals surface area (Å²) in [6.45, 7) is 4.27. The van der Waals surface area contributed by atoms with Crippen LogP contribution in [0.5, 0.6) is 11.5 Å². The Morgan fingerprint density at radius 2 is 1.36 bits per heavy atom. The number of esters is 2. The molecule has 2 aromatic carbocycles. The van der Waals surface area contributed by atoms with E-state index in [9.17, 15) is 19.2 Å². The fraction of sp³-hybridized carbons (Fsp3) is 0.217. The maximum Gasteiger partial charge on any atom is 0.346 e. The number of hydrogen-bond acceptors (Lipinski definition) is 10. The lowest BCUT2D eigenvalue weighted by atomic mass is 10.1. The van der Waals surface area contributed by atoms with Crippen LogP contribution >= 0.6 is 0 Å². The van der Waals surface area contributed by atoms with E-state index in [-0.39, 0.29) is 40.5 Å². The molecule has 4 aromatic rings. The van der Waals surface area contributed by atoms with Gasteiger partial charge in [0.1, 0.15) is 11.5 Å². The van der Waals surface area contributed by atoms with Gasteiger partial charge < -0.3 is 18.3 Å². The lowest BCUT2D eigenvalue weighted by Crippen LogP contribution is -2.12. The highest BCUT2D eigenvalue weighted by Gasteiger charge is 2.18. The van der Waals surface area contributed by atoms with Gasteiger partial charge in [-0.05, 0) is 36.4 Å². The van der Waals surface area contributed by atoms with Crippen LogP contribution in [0.1, 0.15) is 38.5 Å². The van der Waals surface area contributed by atoms with Gasteiger partial charge >= 0.3 is 23.2 Å². The van der Waals surface area contributed by atoms with Gasteiger partial charge in [0.2, 0.25) is 5.89 Å². The van der Waals surface area contributed by atoms with Crippen molar-refractivity contribution in [1.82, 2.24) is 9.97 Å². The van der Waals surface area contributed by atoms with Crippen LogP contribution in [0.15, 0.2) is 54.8 Å². The van der Waals surface area contributed by atoms with E-state index in [0.717, 1.165) is 0 Å². The quantitative estimate of drug-likeness (QED) is 0.329. The summed E-state index contributed by atoms with van der Waals surface area (Å²) in [5.41, 5.74) is -0.533. The highest BCUT2D eigenvalue weighted by Crippen LogP contribution is 2.23. The fourth-order valence-electron chi connectivity index (χ4n) is 3.27.